The van der Waals surface area contributed by atoms with Crippen LogP contribution in [0.1, 0.15) is 22.8 Å². The normalized spacial score (nSPS) is 15.2. The molecule has 132 valence electrons. The van der Waals surface area contributed by atoms with E-state index in [9.17, 15) is 4.79 Å². The second kappa shape index (κ2) is 8.22. The van der Waals surface area contributed by atoms with Gasteiger partial charge in [0.1, 0.15) is 5.15 Å². The van der Waals surface area contributed by atoms with E-state index in [1.165, 1.54) is 0 Å². The zero-order valence-corrected chi connectivity index (χ0v) is 14.9. The Morgan fingerprint density at radius 2 is 1.84 bits per heavy atom. The number of nitrogens with one attached hydrogen (secondary N) is 1. The lowest BCUT2D eigenvalue weighted by Gasteiger charge is -2.34. The number of hydrogen-bond acceptors (Lipinski definition) is 6. The minimum atomic E-state index is -0.0177. The third-order valence-corrected chi connectivity index (χ3v) is 4.31. The quantitative estimate of drug-likeness (QED) is 0.821. The maximum absolute atomic E-state index is 12.6. The van der Waals surface area contributed by atoms with Crippen LogP contribution in [-0.4, -0.2) is 63.4 Å². The molecule has 0 unspecified atom stereocenters. The van der Waals surface area contributed by atoms with Gasteiger partial charge in [-0.1, -0.05) is 17.7 Å². The van der Waals surface area contributed by atoms with Gasteiger partial charge in [0.25, 0.3) is 5.91 Å². The largest absolute Gasteiger partial charge is 0.355 e. The third-order valence-electron chi connectivity index (χ3n) is 4.09. The summed E-state index contributed by atoms with van der Waals surface area (Å²) < 4.78 is 0. The summed E-state index contributed by atoms with van der Waals surface area (Å²) in [6.45, 7) is 6.56. The number of hydrogen-bond donors (Lipinski definition) is 1. The smallest absolute Gasteiger partial charge is 0.257 e. The van der Waals surface area contributed by atoms with E-state index in [0.717, 1.165) is 31.7 Å². The topological polar surface area (TPSA) is 74.2 Å². The molecule has 0 radical (unpaired) electrons. The van der Waals surface area contributed by atoms with Crippen LogP contribution in [-0.2, 0) is 6.54 Å². The lowest BCUT2D eigenvalue weighted by molar-refractivity contribution is 0.0627. The minimum absolute atomic E-state index is 0.0177. The Labute approximate surface area is 152 Å². The van der Waals surface area contributed by atoms with Crippen molar-refractivity contribution in [2.45, 2.75) is 13.5 Å². The first-order valence-electron chi connectivity index (χ1n) is 8.33. The molecule has 1 N–H and O–H groups in total. The monoisotopic (exact) mass is 360 g/mol. The molecule has 0 aliphatic carbocycles. The van der Waals surface area contributed by atoms with Crippen LogP contribution in [0.3, 0.4) is 0 Å². The molecule has 7 nitrogen and oxygen atoms in total. The molecule has 0 atom stereocenters. The van der Waals surface area contributed by atoms with Crippen LogP contribution in [0, 0.1) is 0 Å². The van der Waals surface area contributed by atoms with E-state index in [2.05, 4.69) is 25.2 Å². The highest BCUT2D eigenvalue weighted by molar-refractivity contribution is 6.29. The number of nitrogens with zero attached hydrogens (tertiary/aromatic N) is 5. The Kier molecular flexibility index (Phi) is 5.78. The van der Waals surface area contributed by atoms with Gasteiger partial charge in [0, 0.05) is 57.9 Å². The highest BCUT2D eigenvalue weighted by Crippen LogP contribution is 2.12. The first-order valence-corrected chi connectivity index (χ1v) is 8.71. The van der Waals surface area contributed by atoms with E-state index in [4.69, 9.17) is 11.6 Å². The third kappa shape index (κ3) is 4.64. The predicted molar refractivity (Wildman–Crippen MR) is 96.6 cm³/mol. The van der Waals surface area contributed by atoms with Crippen molar-refractivity contribution < 1.29 is 4.79 Å². The number of rotatable bonds is 5. The molecule has 3 heterocycles. The van der Waals surface area contributed by atoms with Crippen LogP contribution in [0.4, 0.5) is 5.95 Å². The van der Waals surface area contributed by atoms with Gasteiger partial charge in [-0.25, -0.2) is 15.0 Å². The average Bonchev–Trinajstić information content (AvgIpc) is 2.65. The molecule has 1 fully saturated rings. The van der Waals surface area contributed by atoms with Crippen molar-refractivity contribution in [2.75, 3.05) is 38.0 Å². The first kappa shape index (κ1) is 17.6. The lowest BCUT2D eigenvalue weighted by atomic mass is 10.2. The summed E-state index contributed by atoms with van der Waals surface area (Å²) in [7, 11) is 0. The second-order valence-electron chi connectivity index (χ2n) is 5.88. The second-order valence-corrected chi connectivity index (χ2v) is 6.27. The van der Waals surface area contributed by atoms with Crippen molar-refractivity contribution in [1.82, 2.24) is 24.8 Å². The van der Waals surface area contributed by atoms with Crippen molar-refractivity contribution in [3.8, 4) is 0 Å². The SMILES string of the molecule is CCNc1ncc(C(=O)N2CCN(Cc3ccc(Cl)nc3)CC2)cn1. The summed E-state index contributed by atoms with van der Waals surface area (Å²) in [6, 6.07) is 3.78. The summed E-state index contributed by atoms with van der Waals surface area (Å²) >= 11 is 5.81. The van der Waals surface area contributed by atoms with E-state index in [0.29, 0.717) is 29.8 Å². The molecule has 8 heteroatoms. The number of halogens is 1. The van der Waals surface area contributed by atoms with Crippen molar-refractivity contribution in [2.24, 2.45) is 0 Å². The molecule has 1 amide bonds. The van der Waals surface area contributed by atoms with Gasteiger partial charge in [0.2, 0.25) is 5.95 Å². The Balaban J connectivity index is 1.52. The van der Waals surface area contributed by atoms with Crippen molar-refractivity contribution >= 4 is 23.5 Å². The maximum atomic E-state index is 12.6. The van der Waals surface area contributed by atoms with Gasteiger partial charge in [-0.05, 0) is 18.6 Å². The molecule has 0 bridgehead atoms. The van der Waals surface area contributed by atoms with E-state index in [1.54, 1.807) is 24.7 Å². The van der Waals surface area contributed by atoms with Crippen LogP contribution in [0.25, 0.3) is 0 Å². The molecule has 1 aliphatic rings. The summed E-state index contributed by atoms with van der Waals surface area (Å²) in [5, 5.41) is 3.52. The van der Waals surface area contributed by atoms with Gasteiger partial charge in [-0.15, -0.1) is 0 Å². The zero-order chi connectivity index (χ0) is 17.6. The number of pyridine rings is 1. The number of carbonyl (C=O) groups is 1. The van der Waals surface area contributed by atoms with Gasteiger partial charge in [0.05, 0.1) is 5.56 Å². The number of carbonyl (C=O) groups excluding carboxylic acids is 1. The van der Waals surface area contributed by atoms with E-state index in [-0.39, 0.29) is 5.91 Å². The Bertz CT molecular complexity index is 698. The van der Waals surface area contributed by atoms with Crippen molar-refractivity contribution in [3.63, 3.8) is 0 Å². The fourth-order valence-electron chi connectivity index (χ4n) is 2.74. The van der Waals surface area contributed by atoms with Gasteiger partial charge < -0.3 is 10.2 Å². The first-order chi connectivity index (χ1) is 12.2. The summed E-state index contributed by atoms with van der Waals surface area (Å²) in [5.74, 6) is 0.524. The highest BCUT2D eigenvalue weighted by Gasteiger charge is 2.22. The van der Waals surface area contributed by atoms with Gasteiger partial charge >= 0.3 is 0 Å². The van der Waals surface area contributed by atoms with E-state index in [1.807, 2.05) is 17.9 Å². The fraction of sp³-hybridized carbons (Fsp3) is 0.412. The van der Waals surface area contributed by atoms with Gasteiger partial charge in [-0.2, -0.15) is 0 Å². The van der Waals surface area contributed by atoms with Crippen molar-refractivity contribution in [3.05, 3.63) is 47.0 Å². The molecule has 0 saturated carbocycles. The molecule has 3 rings (SSSR count). The van der Waals surface area contributed by atoms with Crippen LogP contribution in [0.15, 0.2) is 30.7 Å². The molecule has 25 heavy (non-hydrogen) atoms. The van der Waals surface area contributed by atoms with Gasteiger partial charge in [0.15, 0.2) is 0 Å². The Hall–Kier alpha value is -2.25. The van der Waals surface area contributed by atoms with Gasteiger partial charge in [-0.3, -0.25) is 9.69 Å². The minimum Gasteiger partial charge on any atom is -0.355 e. The number of piperazine rings is 1. The molecule has 0 spiro atoms. The Morgan fingerprint density at radius 3 is 2.44 bits per heavy atom. The van der Waals surface area contributed by atoms with Crippen molar-refractivity contribution in [1.29, 1.82) is 0 Å². The molecule has 0 aromatic carbocycles. The van der Waals surface area contributed by atoms with E-state index >= 15 is 0 Å². The number of aromatic nitrogens is 3. The number of anilines is 1. The zero-order valence-electron chi connectivity index (χ0n) is 14.2. The summed E-state index contributed by atoms with van der Waals surface area (Å²) in [4.78, 5) is 29.1. The van der Waals surface area contributed by atoms with Crippen LogP contribution in [0.2, 0.25) is 5.15 Å². The summed E-state index contributed by atoms with van der Waals surface area (Å²) in [6.07, 6.45) is 4.96. The standard InChI is InChI=1S/C17H21ClN6O/c1-2-19-17-21-10-14(11-22-17)16(25)24-7-5-23(6-8-24)12-13-3-4-15(18)20-9-13/h3-4,9-11H,2,5-8,12H2,1H3,(H,19,21,22). The number of amides is 1. The molecule has 2 aromatic rings. The molecule has 1 aliphatic heterocycles. The molecular weight excluding hydrogens is 340 g/mol. The lowest BCUT2D eigenvalue weighted by Crippen LogP contribution is -2.48. The highest BCUT2D eigenvalue weighted by atomic mass is 35.5. The Morgan fingerprint density at radius 1 is 1.12 bits per heavy atom. The average molecular weight is 361 g/mol. The summed E-state index contributed by atoms with van der Waals surface area (Å²) in [5.41, 5.74) is 1.65. The van der Waals surface area contributed by atoms with Crippen LogP contribution in [0.5, 0.6) is 0 Å². The maximum Gasteiger partial charge on any atom is 0.257 e. The molecule has 1 saturated heterocycles. The van der Waals surface area contributed by atoms with Crippen LogP contribution < -0.4 is 5.32 Å². The molecule has 2 aromatic heterocycles. The fourth-order valence-corrected chi connectivity index (χ4v) is 2.85. The van der Waals surface area contributed by atoms with E-state index < -0.39 is 0 Å². The predicted octanol–water partition coefficient (Wildman–Crippen LogP) is 1.91. The molecular formula is C17H21ClN6O. The van der Waals surface area contributed by atoms with Crippen LogP contribution >= 0.6 is 11.6 Å².